The number of piperidine rings is 1. The lowest BCUT2D eigenvalue weighted by Crippen LogP contribution is -2.45. The molecule has 2 amide bonds. The Balaban J connectivity index is 1.26. The summed E-state index contributed by atoms with van der Waals surface area (Å²) in [6, 6.07) is 28.1. The molecule has 0 bridgehead atoms. The number of rotatable bonds is 12. The SMILES string of the molecule is O=C(CNC(=O)OCc1ccccc1)N[C@@H](CCc1ccccc1)CNc1ccc(N2CCCCC2)cc1. The summed E-state index contributed by atoms with van der Waals surface area (Å²) in [6.45, 7) is 2.84. The Kier molecular flexibility index (Phi) is 10.4. The number of anilines is 2. The van der Waals surface area contributed by atoms with Crippen molar-refractivity contribution in [3.8, 4) is 0 Å². The highest BCUT2D eigenvalue weighted by Gasteiger charge is 2.15. The van der Waals surface area contributed by atoms with Gasteiger partial charge in [-0.2, -0.15) is 0 Å². The number of benzene rings is 3. The van der Waals surface area contributed by atoms with Crippen molar-refractivity contribution >= 4 is 23.4 Å². The maximum atomic E-state index is 12.7. The Bertz CT molecular complexity index is 1120. The van der Waals surface area contributed by atoms with Crippen LogP contribution in [0.3, 0.4) is 0 Å². The lowest BCUT2D eigenvalue weighted by molar-refractivity contribution is -0.120. The van der Waals surface area contributed by atoms with Crippen LogP contribution in [0.4, 0.5) is 16.2 Å². The summed E-state index contributed by atoms with van der Waals surface area (Å²) in [4.78, 5) is 27.1. The first-order chi connectivity index (χ1) is 18.7. The van der Waals surface area contributed by atoms with Gasteiger partial charge in [0.25, 0.3) is 0 Å². The molecule has 0 aromatic heterocycles. The fourth-order valence-corrected chi connectivity index (χ4v) is 4.60. The highest BCUT2D eigenvalue weighted by Crippen LogP contribution is 2.22. The van der Waals surface area contributed by atoms with Crippen molar-refractivity contribution in [2.75, 3.05) is 36.4 Å². The van der Waals surface area contributed by atoms with Gasteiger partial charge in [-0.3, -0.25) is 4.79 Å². The second kappa shape index (κ2) is 14.7. The van der Waals surface area contributed by atoms with Crippen LogP contribution in [-0.4, -0.2) is 44.2 Å². The average Bonchev–Trinajstić information content (AvgIpc) is 2.98. The van der Waals surface area contributed by atoms with Crippen LogP contribution in [0.5, 0.6) is 0 Å². The molecule has 7 heteroatoms. The predicted octanol–water partition coefficient (Wildman–Crippen LogP) is 5.13. The molecule has 0 radical (unpaired) electrons. The van der Waals surface area contributed by atoms with Crippen LogP contribution in [0.2, 0.25) is 0 Å². The number of carbonyl (C=O) groups excluding carboxylic acids is 2. The fraction of sp³-hybridized carbons (Fsp3) is 0.355. The first-order valence-electron chi connectivity index (χ1n) is 13.5. The number of nitrogens with zero attached hydrogens (tertiary/aromatic N) is 1. The molecular weight excluding hydrogens is 476 g/mol. The van der Waals surface area contributed by atoms with Gasteiger partial charge in [-0.25, -0.2) is 4.79 Å². The number of hydrogen-bond donors (Lipinski definition) is 3. The van der Waals surface area contributed by atoms with Crippen molar-refractivity contribution in [2.24, 2.45) is 0 Å². The van der Waals surface area contributed by atoms with E-state index >= 15 is 0 Å². The molecule has 1 aliphatic heterocycles. The summed E-state index contributed by atoms with van der Waals surface area (Å²) < 4.78 is 5.20. The molecule has 3 N–H and O–H groups in total. The van der Waals surface area contributed by atoms with Crippen molar-refractivity contribution in [3.05, 3.63) is 96.1 Å². The molecule has 7 nitrogen and oxygen atoms in total. The number of nitrogens with one attached hydrogen (secondary N) is 3. The summed E-state index contributed by atoms with van der Waals surface area (Å²) >= 11 is 0. The zero-order valence-electron chi connectivity index (χ0n) is 21.9. The smallest absolute Gasteiger partial charge is 0.407 e. The monoisotopic (exact) mass is 514 g/mol. The summed E-state index contributed by atoms with van der Waals surface area (Å²) in [6.07, 6.45) is 4.82. The molecule has 38 heavy (non-hydrogen) atoms. The molecule has 0 spiro atoms. The van der Waals surface area contributed by atoms with E-state index in [0.29, 0.717) is 6.54 Å². The van der Waals surface area contributed by atoms with Crippen molar-refractivity contribution in [3.63, 3.8) is 0 Å². The summed E-state index contributed by atoms with van der Waals surface area (Å²) in [7, 11) is 0. The van der Waals surface area contributed by atoms with Gasteiger partial charge in [0.1, 0.15) is 13.2 Å². The molecule has 1 aliphatic rings. The van der Waals surface area contributed by atoms with Gasteiger partial charge in [-0.15, -0.1) is 0 Å². The second-order valence-electron chi connectivity index (χ2n) is 9.68. The Morgan fingerprint density at radius 3 is 2.16 bits per heavy atom. The number of alkyl carbamates (subject to hydrolysis) is 1. The number of aryl methyl sites for hydroxylation is 1. The van der Waals surface area contributed by atoms with Gasteiger partial charge in [0.05, 0.1) is 0 Å². The Morgan fingerprint density at radius 1 is 0.816 bits per heavy atom. The molecule has 1 fully saturated rings. The Hall–Kier alpha value is -4.00. The number of ether oxygens (including phenoxy) is 1. The van der Waals surface area contributed by atoms with E-state index in [0.717, 1.165) is 37.2 Å². The number of amides is 2. The molecule has 1 saturated heterocycles. The van der Waals surface area contributed by atoms with E-state index in [9.17, 15) is 9.59 Å². The summed E-state index contributed by atoms with van der Waals surface area (Å²) in [5.74, 6) is -0.248. The van der Waals surface area contributed by atoms with Crippen LogP contribution < -0.4 is 20.9 Å². The lowest BCUT2D eigenvalue weighted by atomic mass is 10.0. The third kappa shape index (κ3) is 9.14. The second-order valence-corrected chi connectivity index (χ2v) is 9.68. The van der Waals surface area contributed by atoms with Gasteiger partial charge < -0.3 is 25.6 Å². The minimum Gasteiger partial charge on any atom is -0.445 e. The van der Waals surface area contributed by atoms with Gasteiger partial charge in [0, 0.05) is 37.1 Å². The molecule has 0 saturated carbocycles. The predicted molar refractivity (Wildman–Crippen MR) is 152 cm³/mol. The van der Waals surface area contributed by atoms with Gasteiger partial charge in [-0.05, 0) is 67.5 Å². The molecule has 0 unspecified atom stereocenters. The van der Waals surface area contributed by atoms with Crippen molar-refractivity contribution in [1.82, 2.24) is 10.6 Å². The first kappa shape index (κ1) is 27.0. The zero-order chi connectivity index (χ0) is 26.4. The average molecular weight is 515 g/mol. The molecule has 3 aromatic rings. The zero-order valence-corrected chi connectivity index (χ0v) is 21.9. The maximum absolute atomic E-state index is 12.7. The van der Waals surface area contributed by atoms with Crippen LogP contribution in [0, 0.1) is 0 Å². The molecule has 0 aliphatic carbocycles. The van der Waals surface area contributed by atoms with E-state index in [2.05, 4.69) is 57.2 Å². The highest BCUT2D eigenvalue weighted by molar-refractivity contribution is 5.82. The third-order valence-corrected chi connectivity index (χ3v) is 6.74. The van der Waals surface area contributed by atoms with E-state index < -0.39 is 6.09 Å². The Labute approximate surface area is 225 Å². The lowest BCUT2D eigenvalue weighted by Gasteiger charge is -2.29. The topological polar surface area (TPSA) is 82.7 Å². The van der Waals surface area contributed by atoms with Gasteiger partial charge in [0.15, 0.2) is 0 Å². The van der Waals surface area contributed by atoms with Gasteiger partial charge in [-0.1, -0.05) is 60.7 Å². The first-order valence-corrected chi connectivity index (χ1v) is 13.5. The molecule has 4 rings (SSSR count). The number of carbonyl (C=O) groups is 2. The van der Waals surface area contributed by atoms with Crippen LogP contribution in [0.1, 0.15) is 36.8 Å². The quantitative estimate of drug-likeness (QED) is 0.312. The van der Waals surface area contributed by atoms with Gasteiger partial charge in [0.2, 0.25) is 5.91 Å². The Morgan fingerprint density at radius 2 is 1.47 bits per heavy atom. The third-order valence-electron chi connectivity index (χ3n) is 6.74. The minimum absolute atomic E-state index is 0.105. The van der Waals surface area contributed by atoms with Gasteiger partial charge >= 0.3 is 6.09 Å². The standard InChI is InChI=1S/C31H38N4O3/c36-30(23-33-31(37)38-24-26-12-6-2-7-13-26)34-28(15-14-25-10-4-1-5-11-25)22-32-27-16-18-29(19-17-27)35-20-8-3-9-21-35/h1-2,4-7,10-13,16-19,28,32H,3,8-9,14-15,20-24H2,(H,33,37)(H,34,36)/t28-/m0/s1. The van der Waals surface area contributed by atoms with Crippen molar-refractivity contribution < 1.29 is 14.3 Å². The van der Waals surface area contributed by atoms with Crippen LogP contribution in [0.15, 0.2) is 84.9 Å². The van der Waals surface area contributed by atoms with Crippen LogP contribution >= 0.6 is 0 Å². The fourth-order valence-electron chi connectivity index (χ4n) is 4.60. The van der Waals surface area contributed by atoms with Crippen LogP contribution in [0.25, 0.3) is 0 Å². The summed E-state index contributed by atoms with van der Waals surface area (Å²) in [5, 5.41) is 9.09. The summed E-state index contributed by atoms with van der Waals surface area (Å²) in [5.41, 5.74) is 4.39. The minimum atomic E-state index is -0.614. The highest BCUT2D eigenvalue weighted by atomic mass is 16.5. The van der Waals surface area contributed by atoms with Crippen LogP contribution in [-0.2, 0) is 22.6 Å². The van der Waals surface area contributed by atoms with E-state index in [1.807, 2.05) is 48.5 Å². The van der Waals surface area contributed by atoms with E-state index in [-0.39, 0.29) is 25.1 Å². The normalized spacial score (nSPS) is 13.8. The van der Waals surface area contributed by atoms with E-state index in [1.165, 1.54) is 30.5 Å². The van der Waals surface area contributed by atoms with E-state index in [1.54, 1.807) is 0 Å². The molecule has 1 heterocycles. The molecule has 200 valence electrons. The molecule has 3 aromatic carbocycles. The van der Waals surface area contributed by atoms with Crippen molar-refractivity contribution in [1.29, 1.82) is 0 Å². The largest absolute Gasteiger partial charge is 0.445 e. The molecular formula is C31H38N4O3. The maximum Gasteiger partial charge on any atom is 0.407 e. The molecule has 1 atom stereocenters. The number of hydrogen-bond acceptors (Lipinski definition) is 5. The van der Waals surface area contributed by atoms with Crippen molar-refractivity contribution in [2.45, 2.75) is 44.8 Å². The van der Waals surface area contributed by atoms with E-state index in [4.69, 9.17) is 4.74 Å².